The summed E-state index contributed by atoms with van der Waals surface area (Å²) >= 11 is 0. The zero-order valence-corrected chi connectivity index (χ0v) is 13.1. The second-order valence-corrected chi connectivity index (χ2v) is 5.82. The fourth-order valence-corrected chi connectivity index (χ4v) is 2.20. The van der Waals surface area contributed by atoms with Crippen molar-refractivity contribution in [3.8, 4) is 5.75 Å². The molecule has 0 saturated heterocycles. The number of hydrogen-bond acceptors (Lipinski definition) is 3. The van der Waals surface area contributed by atoms with E-state index in [0.29, 0.717) is 0 Å². The van der Waals surface area contributed by atoms with Crippen molar-refractivity contribution in [1.29, 1.82) is 0 Å². The maximum absolute atomic E-state index is 6.45. The second kappa shape index (κ2) is 6.40. The van der Waals surface area contributed by atoms with Gasteiger partial charge in [0.2, 0.25) is 0 Å². The summed E-state index contributed by atoms with van der Waals surface area (Å²) in [4.78, 5) is 2.20. The van der Waals surface area contributed by atoms with Crippen LogP contribution < -0.4 is 10.5 Å². The fourth-order valence-electron chi connectivity index (χ4n) is 2.20. The minimum atomic E-state index is -0.0412. The number of likely N-dealkylation sites (N-methyl/N-ethyl adjacent to an activating group) is 1. The van der Waals surface area contributed by atoms with Crippen molar-refractivity contribution in [3.05, 3.63) is 29.8 Å². The van der Waals surface area contributed by atoms with Crippen LogP contribution >= 0.6 is 0 Å². The molecular weight excluding hydrogens is 236 g/mol. The van der Waals surface area contributed by atoms with Gasteiger partial charge in [0.15, 0.2) is 0 Å². The highest BCUT2D eigenvalue weighted by atomic mass is 16.5. The normalized spacial score (nSPS) is 16.5. The molecule has 1 rings (SSSR count). The summed E-state index contributed by atoms with van der Waals surface area (Å²) in [7, 11) is 4.17. The Balaban J connectivity index is 2.91. The summed E-state index contributed by atoms with van der Waals surface area (Å²) in [5.74, 6) is 0.897. The Morgan fingerprint density at radius 2 is 1.74 bits per heavy atom. The topological polar surface area (TPSA) is 38.5 Å². The minimum Gasteiger partial charge on any atom is -0.491 e. The van der Waals surface area contributed by atoms with E-state index in [-0.39, 0.29) is 17.7 Å². The van der Waals surface area contributed by atoms with Gasteiger partial charge >= 0.3 is 0 Å². The molecule has 0 aliphatic heterocycles. The predicted molar refractivity (Wildman–Crippen MR) is 81.5 cm³/mol. The predicted octanol–water partition coefficient (Wildman–Crippen LogP) is 3.20. The van der Waals surface area contributed by atoms with Crippen molar-refractivity contribution < 1.29 is 4.74 Å². The van der Waals surface area contributed by atoms with E-state index in [1.165, 1.54) is 0 Å². The zero-order valence-electron chi connectivity index (χ0n) is 13.1. The van der Waals surface area contributed by atoms with E-state index in [4.69, 9.17) is 10.5 Å². The highest BCUT2D eigenvalue weighted by Gasteiger charge is 2.33. The highest BCUT2D eigenvalue weighted by Crippen LogP contribution is 2.31. The first-order valence-electron chi connectivity index (χ1n) is 7.01. The van der Waals surface area contributed by atoms with E-state index in [2.05, 4.69) is 45.0 Å². The molecule has 0 aliphatic rings. The molecule has 2 unspecified atom stereocenters. The molecule has 0 fully saturated rings. The van der Waals surface area contributed by atoms with Gasteiger partial charge in [-0.05, 0) is 59.0 Å². The third kappa shape index (κ3) is 3.71. The molecule has 3 nitrogen and oxygen atoms in total. The van der Waals surface area contributed by atoms with Gasteiger partial charge in [0.25, 0.3) is 0 Å². The Labute approximate surface area is 117 Å². The van der Waals surface area contributed by atoms with E-state index < -0.39 is 0 Å². The molecule has 1 aromatic carbocycles. The molecule has 2 atom stereocenters. The summed E-state index contributed by atoms with van der Waals surface area (Å²) in [5.41, 5.74) is 7.56. The first kappa shape index (κ1) is 16.0. The van der Waals surface area contributed by atoms with Crippen LogP contribution in [-0.4, -0.2) is 30.6 Å². The quantitative estimate of drug-likeness (QED) is 0.857. The Bertz CT molecular complexity index is 386. The van der Waals surface area contributed by atoms with Crippen molar-refractivity contribution in [2.45, 2.75) is 51.8 Å². The van der Waals surface area contributed by atoms with Crippen LogP contribution in [-0.2, 0) is 0 Å². The van der Waals surface area contributed by atoms with E-state index in [1.54, 1.807) is 0 Å². The summed E-state index contributed by atoms with van der Waals surface area (Å²) in [6, 6.07) is 8.13. The summed E-state index contributed by atoms with van der Waals surface area (Å²) < 4.78 is 5.66. The molecule has 0 radical (unpaired) electrons. The highest BCUT2D eigenvalue weighted by molar-refractivity contribution is 5.31. The summed E-state index contributed by atoms with van der Waals surface area (Å²) in [5, 5.41) is 0. The van der Waals surface area contributed by atoms with Crippen LogP contribution in [0.3, 0.4) is 0 Å². The SMILES string of the molecule is CCC(C)(C(N)c1ccc(OC(C)C)cc1)N(C)C. The molecule has 0 spiro atoms. The molecule has 2 N–H and O–H groups in total. The largest absolute Gasteiger partial charge is 0.491 e. The average Bonchev–Trinajstić information content (AvgIpc) is 2.37. The van der Waals surface area contributed by atoms with Crippen LogP contribution in [0.1, 0.15) is 45.7 Å². The van der Waals surface area contributed by atoms with Crippen LogP contribution in [0.25, 0.3) is 0 Å². The number of rotatable bonds is 6. The van der Waals surface area contributed by atoms with E-state index in [1.807, 2.05) is 26.0 Å². The lowest BCUT2D eigenvalue weighted by molar-refractivity contribution is 0.132. The molecule has 0 bridgehead atoms. The fraction of sp³-hybridized carbons (Fsp3) is 0.625. The number of nitrogens with two attached hydrogens (primary N) is 1. The average molecular weight is 264 g/mol. The molecule has 0 aliphatic carbocycles. The monoisotopic (exact) mass is 264 g/mol. The number of hydrogen-bond donors (Lipinski definition) is 1. The lowest BCUT2D eigenvalue weighted by Gasteiger charge is -2.41. The van der Waals surface area contributed by atoms with E-state index in [0.717, 1.165) is 17.7 Å². The molecule has 0 heterocycles. The molecule has 108 valence electrons. The van der Waals surface area contributed by atoms with Gasteiger partial charge in [-0.15, -0.1) is 0 Å². The van der Waals surface area contributed by atoms with Crippen LogP contribution in [0, 0.1) is 0 Å². The zero-order chi connectivity index (χ0) is 14.6. The van der Waals surface area contributed by atoms with Gasteiger partial charge in [-0.1, -0.05) is 19.1 Å². The Morgan fingerprint density at radius 1 is 1.21 bits per heavy atom. The van der Waals surface area contributed by atoms with Gasteiger partial charge in [-0.25, -0.2) is 0 Å². The molecule has 0 saturated carbocycles. The minimum absolute atomic E-state index is 0.0133. The van der Waals surface area contributed by atoms with Gasteiger partial charge in [0.05, 0.1) is 6.10 Å². The lowest BCUT2D eigenvalue weighted by atomic mass is 9.84. The number of benzene rings is 1. The van der Waals surface area contributed by atoms with Gasteiger partial charge in [0.1, 0.15) is 5.75 Å². The van der Waals surface area contributed by atoms with Crippen LogP contribution in [0.5, 0.6) is 5.75 Å². The maximum atomic E-state index is 6.45. The van der Waals surface area contributed by atoms with Gasteiger partial charge in [0, 0.05) is 11.6 Å². The van der Waals surface area contributed by atoms with Crippen molar-refractivity contribution >= 4 is 0 Å². The smallest absolute Gasteiger partial charge is 0.119 e. The van der Waals surface area contributed by atoms with Crippen molar-refractivity contribution in [3.63, 3.8) is 0 Å². The summed E-state index contributed by atoms with van der Waals surface area (Å²) in [6.07, 6.45) is 1.20. The molecular formula is C16H28N2O. The van der Waals surface area contributed by atoms with Crippen molar-refractivity contribution in [1.82, 2.24) is 4.90 Å². The maximum Gasteiger partial charge on any atom is 0.119 e. The Hall–Kier alpha value is -1.06. The molecule has 0 amide bonds. The van der Waals surface area contributed by atoms with Crippen molar-refractivity contribution in [2.75, 3.05) is 14.1 Å². The molecule has 19 heavy (non-hydrogen) atoms. The second-order valence-electron chi connectivity index (χ2n) is 5.82. The number of nitrogens with zero attached hydrogens (tertiary/aromatic N) is 1. The van der Waals surface area contributed by atoms with E-state index >= 15 is 0 Å². The summed E-state index contributed by atoms with van der Waals surface area (Å²) in [6.45, 7) is 8.44. The Morgan fingerprint density at radius 3 is 2.11 bits per heavy atom. The van der Waals surface area contributed by atoms with Crippen molar-refractivity contribution in [2.24, 2.45) is 5.73 Å². The van der Waals surface area contributed by atoms with Crippen LogP contribution in [0.15, 0.2) is 24.3 Å². The third-order valence-corrected chi connectivity index (χ3v) is 4.02. The molecule has 0 aromatic heterocycles. The third-order valence-electron chi connectivity index (χ3n) is 4.02. The first-order chi connectivity index (χ1) is 8.81. The van der Waals surface area contributed by atoms with Gasteiger partial charge in [-0.2, -0.15) is 0 Å². The molecule has 3 heteroatoms. The number of ether oxygens (including phenoxy) is 1. The van der Waals surface area contributed by atoms with Gasteiger partial charge in [-0.3, -0.25) is 0 Å². The van der Waals surface area contributed by atoms with Gasteiger partial charge < -0.3 is 15.4 Å². The van der Waals surface area contributed by atoms with Crippen LogP contribution in [0.2, 0.25) is 0 Å². The lowest BCUT2D eigenvalue weighted by Crippen LogP contribution is -2.49. The molecule has 1 aromatic rings. The first-order valence-corrected chi connectivity index (χ1v) is 7.01. The van der Waals surface area contributed by atoms with E-state index in [9.17, 15) is 0 Å². The Kier molecular flexibility index (Phi) is 5.39. The van der Waals surface area contributed by atoms with Crippen LogP contribution in [0.4, 0.5) is 0 Å². The standard InChI is InChI=1S/C16H28N2O/c1-7-16(4,18(5)6)15(17)13-8-10-14(11-9-13)19-12(2)3/h8-12,15H,7,17H2,1-6H3.